The molecule has 240 valence electrons. The number of fused-ring (bicyclic) bond motifs is 4. The third-order valence-electron chi connectivity index (χ3n) is 8.70. The van der Waals surface area contributed by atoms with Gasteiger partial charge in [-0.3, -0.25) is 0 Å². The normalized spacial score (nSPS) is 19.1. The predicted octanol–water partition coefficient (Wildman–Crippen LogP) is 2.05. The topological polar surface area (TPSA) is 103 Å². The molecule has 3 aliphatic rings. The van der Waals surface area contributed by atoms with Gasteiger partial charge in [-0.15, -0.1) is 4.99 Å². The molecule has 45 heavy (non-hydrogen) atoms. The minimum atomic E-state index is 0.244. The van der Waals surface area contributed by atoms with E-state index in [0.29, 0.717) is 52.6 Å². The van der Waals surface area contributed by atoms with Gasteiger partial charge in [0.2, 0.25) is 5.82 Å². The lowest BCUT2D eigenvalue weighted by Crippen LogP contribution is -2.58. The summed E-state index contributed by atoms with van der Waals surface area (Å²) < 4.78 is 26.6. The quantitative estimate of drug-likeness (QED) is 0.254. The standard InChI is InChI=1S/C33H45N8O4/c1-42-20-16-38-28(39(17-21-43-2)31-30(38)34-24-10-5-6-11-25(24)35-31)14-9-15-29-40(18-22-44-3)32-33(41(29)19-23-45-4)37-27-13-8-7-12-26(27)36-32/h5-6,9-11,14-15,26-27H,7-8,12-13,16-23H2,1-4H3/q+1. The third kappa shape index (κ3) is 6.37. The highest BCUT2D eigenvalue weighted by molar-refractivity contribution is 5.85. The van der Waals surface area contributed by atoms with Crippen LogP contribution in [0.1, 0.15) is 31.5 Å². The van der Waals surface area contributed by atoms with Crippen molar-refractivity contribution < 1.29 is 23.5 Å². The molecule has 0 amide bonds. The summed E-state index contributed by atoms with van der Waals surface area (Å²) in [6, 6.07) is 8.47. The number of allylic oxidation sites excluding steroid dienone is 2. The number of benzene rings is 1. The number of nitrogens with zero attached hydrogens (tertiary/aromatic N) is 8. The molecule has 1 saturated carbocycles. The van der Waals surface area contributed by atoms with Gasteiger partial charge >= 0.3 is 5.49 Å². The SMILES string of the molecule is COCCN1C(=C/C=C/c2n(CCOC)c3c([n+]2CCOC)=NC2CCCCC2N=3)N(CCOC)c2nc3ccccc3nc21. The Hall–Kier alpha value is -3.71. The molecule has 2 aliphatic heterocycles. The van der Waals surface area contributed by atoms with Gasteiger partial charge in [0.15, 0.2) is 11.6 Å². The summed E-state index contributed by atoms with van der Waals surface area (Å²) >= 11 is 0. The molecule has 0 radical (unpaired) electrons. The van der Waals surface area contributed by atoms with Crippen molar-refractivity contribution in [2.24, 2.45) is 9.98 Å². The fraction of sp³-hybridized carbons (Fsp3) is 0.545. The number of para-hydroxylation sites is 2. The van der Waals surface area contributed by atoms with Crippen molar-refractivity contribution in [1.82, 2.24) is 14.5 Å². The molecule has 0 bridgehead atoms. The highest BCUT2D eigenvalue weighted by Crippen LogP contribution is 2.39. The average molecular weight is 618 g/mol. The molecule has 12 nitrogen and oxygen atoms in total. The van der Waals surface area contributed by atoms with E-state index in [0.717, 1.165) is 58.1 Å². The van der Waals surface area contributed by atoms with Crippen LogP contribution in [0.25, 0.3) is 17.1 Å². The van der Waals surface area contributed by atoms with E-state index in [4.69, 9.17) is 38.9 Å². The first-order valence-corrected chi connectivity index (χ1v) is 15.9. The smallest absolute Gasteiger partial charge is 0.317 e. The fourth-order valence-electron chi connectivity index (χ4n) is 6.46. The second-order valence-electron chi connectivity index (χ2n) is 11.5. The summed E-state index contributed by atoms with van der Waals surface area (Å²) in [5.41, 5.74) is 3.60. The molecule has 12 heteroatoms. The number of aromatic nitrogens is 4. The van der Waals surface area contributed by atoms with Crippen LogP contribution in [0.4, 0.5) is 11.6 Å². The van der Waals surface area contributed by atoms with Crippen molar-refractivity contribution in [1.29, 1.82) is 0 Å². The van der Waals surface area contributed by atoms with Gasteiger partial charge in [0.25, 0.3) is 5.49 Å². The van der Waals surface area contributed by atoms with E-state index in [1.165, 1.54) is 12.8 Å². The van der Waals surface area contributed by atoms with Gasteiger partial charge in [0.05, 0.1) is 56.6 Å². The Morgan fingerprint density at radius 2 is 1.36 bits per heavy atom. The highest BCUT2D eigenvalue weighted by atomic mass is 16.5. The first-order valence-electron chi connectivity index (χ1n) is 15.9. The van der Waals surface area contributed by atoms with Crippen LogP contribution in [0.5, 0.6) is 0 Å². The first kappa shape index (κ1) is 31.3. The molecule has 4 heterocycles. The van der Waals surface area contributed by atoms with E-state index >= 15 is 0 Å². The van der Waals surface area contributed by atoms with Gasteiger partial charge in [-0.25, -0.2) is 24.1 Å². The molecular weight excluding hydrogens is 572 g/mol. The number of rotatable bonds is 14. The van der Waals surface area contributed by atoms with Crippen molar-refractivity contribution in [3.05, 3.63) is 59.0 Å². The van der Waals surface area contributed by atoms with Crippen LogP contribution in [-0.4, -0.2) is 94.6 Å². The zero-order valence-electron chi connectivity index (χ0n) is 26.9. The number of methoxy groups -OCH3 is 4. The number of hydrogen-bond donors (Lipinski definition) is 0. The number of ether oxygens (including phenoxy) is 4. The summed E-state index contributed by atoms with van der Waals surface area (Å²) in [6.45, 7) is 4.86. The molecule has 1 aliphatic carbocycles. The first-order chi connectivity index (χ1) is 22.2. The summed E-state index contributed by atoms with van der Waals surface area (Å²) in [6.07, 6.45) is 11.0. The Bertz CT molecular complexity index is 1560. The molecule has 0 spiro atoms. The van der Waals surface area contributed by atoms with Crippen LogP contribution < -0.4 is 25.3 Å². The molecule has 2 unspecified atom stereocenters. The Morgan fingerprint density at radius 1 is 0.778 bits per heavy atom. The van der Waals surface area contributed by atoms with Crippen LogP contribution >= 0.6 is 0 Å². The third-order valence-corrected chi connectivity index (χ3v) is 8.70. The predicted molar refractivity (Wildman–Crippen MR) is 172 cm³/mol. The van der Waals surface area contributed by atoms with Gasteiger partial charge < -0.3 is 28.7 Å². The van der Waals surface area contributed by atoms with E-state index in [1.807, 2.05) is 24.3 Å². The monoisotopic (exact) mass is 617 g/mol. The van der Waals surface area contributed by atoms with Crippen LogP contribution in [0.15, 0.2) is 52.2 Å². The lowest BCUT2D eigenvalue weighted by molar-refractivity contribution is -0.715. The molecular formula is C33H45N8O4+. The Morgan fingerprint density at radius 3 is 1.96 bits per heavy atom. The van der Waals surface area contributed by atoms with E-state index in [1.54, 1.807) is 28.4 Å². The van der Waals surface area contributed by atoms with Crippen molar-refractivity contribution in [3.63, 3.8) is 0 Å². The van der Waals surface area contributed by atoms with Crippen molar-refractivity contribution in [2.45, 2.75) is 50.9 Å². The zero-order chi connectivity index (χ0) is 31.2. The summed E-state index contributed by atoms with van der Waals surface area (Å²) in [5, 5.41) is 0. The summed E-state index contributed by atoms with van der Waals surface area (Å²) in [4.78, 5) is 25.0. The van der Waals surface area contributed by atoms with E-state index in [2.05, 4.69) is 37.2 Å². The zero-order valence-corrected chi connectivity index (χ0v) is 26.9. The van der Waals surface area contributed by atoms with Gasteiger partial charge in [-0.05, 0) is 37.5 Å². The summed E-state index contributed by atoms with van der Waals surface area (Å²) in [5.74, 6) is 3.61. The van der Waals surface area contributed by atoms with Gasteiger partial charge in [0.1, 0.15) is 11.9 Å². The largest absolute Gasteiger partial charge is 0.383 e. The van der Waals surface area contributed by atoms with Gasteiger partial charge in [-0.1, -0.05) is 24.6 Å². The van der Waals surface area contributed by atoms with Crippen molar-refractivity contribution in [3.8, 4) is 0 Å². The highest BCUT2D eigenvalue weighted by Gasteiger charge is 2.35. The molecule has 6 rings (SSSR count). The fourth-order valence-corrected chi connectivity index (χ4v) is 6.46. The van der Waals surface area contributed by atoms with Crippen molar-refractivity contribution >= 4 is 28.7 Å². The van der Waals surface area contributed by atoms with E-state index < -0.39 is 0 Å². The molecule has 2 atom stereocenters. The summed E-state index contributed by atoms with van der Waals surface area (Å²) in [7, 11) is 6.91. The van der Waals surface area contributed by atoms with Crippen LogP contribution in [0.3, 0.4) is 0 Å². The Balaban J connectivity index is 1.45. The van der Waals surface area contributed by atoms with Crippen molar-refractivity contribution in [2.75, 3.05) is 77.8 Å². The Labute approximate surface area is 264 Å². The molecule has 0 N–H and O–H groups in total. The maximum atomic E-state index is 5.53. The minimum absolute atomic E-state index is 0.244. The minimum Gasteiger partial charge on any atom is -0.383 e. The van der Waals surface area contributed by atoms with Gasteiger partial charge in [0, 0.05) is 47.6 Å². The van der Waals surface area contributed by atoms with Crippen LogP contribution in [0.2, 0.25) is 0 Å². The van der Waals surface area contributed by atoms with Gasteiger partial charge in [-0.2, -0.15) is 0 Å². The number of imidazole rings is 1. The second kappa shape index (κ2) is 14.6. The number of anilines is 2. The molecule has 2 aromatic heterocycles. The lowest BCUT2D eigenvalue weighted by atomic mass is 9.91. The molecule has 0 saturated heterocycles. The average Bonchev–Trinajstić information content (AvgIpc) is 3.51. The maximum absolute atomic E-state index is 5.53. The van der Waals surface area contributed by atoms with E-state index in [9.17, 15) is 0 Å². The Kier molecular flexibility index (Phi) is 10.1. The van der Waals surface area contributed by atoms with E-state index in [-0.39, 0.29) is 12.1 Å². The second-order valence-corrected chi connectivity index (χ2v) is 11.5. The van der Waals surface area contributed by atoms with Crippen LogP contribution in [-0.2, 0) is 32.0 Å². The van der Waals surface area contributed by atoms with Crippen LogP contribution in [0, 0.1) is 0 Å². The molecule has 1 aromatic carbocycles. The number of hydrogen-bond acceptors (Lipinski definition) is 10. The molecule has 1 fully saturated rings. The lowest BCUT2D eigenvalue weighted by Gasteiger charge is -2.23. The maximum Gasteiger partial charge on any atom is 0.317 e. The molecule has 3 aromatic rings.